The summed E-state index contributed by atoms with van der Waals surface area (Å²) < 4.78 is 1.85. The third kappa shape index (κ3) is 2.80. The minimum Gasteiger partial charge on any atom is -0.380 e. The van der Waals surface area contributed by atoms with E-state index in [1.807, 2.05) is 23.0 Å². The zero-order valence-corrected chi connectivity index (χ0v) is 15.5. The second-order valence-electron chi connectivity index (χ2n) is 8.18. The Kier molecular flexibility index (Phi) is 3.87. The van der Waals surface area contributed by atoms with Crippen molar-refractivity contribution in [2.45, 2.75) is 50.7 Å². The van der Waals surface area contributed by atoms with E-state index in [1.165, 1.54) is 0 Å². The minimum absolute atomic E-state index is 0.0660. The summed E-state index contributed by atoms with van der Waals surface area (Å²) in [7, 11) is 0. The van der Waals surface area contributed by atoms with Crippen LogP contribution in [0.5, 0.6) is 0 Å². The molecule has 7 nitrogen and oxygen atoms in total. The van der Waals surface area contributed by atoms with Gasteiger partial charge >= 0.3 is 0 Å². The molecule has 1 saturated heterocycles. The van der Waals surface area contributed by atoms with Crippen molar-refractivity contribution < 1.29 is 9.90 Å². The van der Waals surface area contributed by atoms with Crippen LogP contribution < -0.4 is 0 Å². The van der Waals surface area contributed by atoms with E-state index in [1.54, 1.807) is 24.2 Å². The Morgan fingerprint density at radius 2 is 2.00 bits per heavy atom. The Morgan fingerprint density at radius 1 is 1.35 bits per heavy atom. The summed E-state index contributed by atoms with van der Waals surface area (Å²) in [6.07, 6.45) is 7.38. The molecule has 0 aromatic carbocycles. The van der Waals surface area contributed by atoms with Crippen LogP contribution >= 0.6 is 0 Å². The molecule has 2 aliphatic rings. The maximum absolute atomic E-state index is 12.6. The van der Waals surface area contributed by atoms with Crippen molar-refractivity contribution in [1.29, 1.82) is 0 Å². The summed E-state index contributed by atoms with van der Waals surface area (Å²) in [5.74, 6) is -0.0426. The van der Waals surface area contributed by atoms with Gasteiger partial charge in [-0.15, -0.1) is 5.10 Å². The number of likely N-dealkylation sites (tertiary alicyclic amines) is 1. The quantitative estimate of drug-likeness (QED) is 0.880. The number of carbonyl (C=O) groups is 1. The normalized spacial score (nSPS) is 22.4. The van der Waals surface area contributed by atoms with Crippen molar-refractivity contribution >= 4 is 5.91 Å². The van der Waals surface area contributed by atoms with Crippen LogP contribution in [-0.4, -0.2) is 54.6 Å². The zero-order valence-electron chi connectivity index (χ0n) is 15.5. The van der Waals surface area contributed by atoms with E-state index >= 15 is 0 Å². The number of rotatable bonds is 5. The average molecular weight is 355 g/mol. The lowest BCUT2D eigenvalue weighted by Crippen LogP contribution is -2.64. The molecule has 4 rings (SSSR count). The third-order valence-corrected chi connectivity index (χ3v) is 5.89. The molecule has 2 atom stereocenters. The molecule has 3 heterocycles. The van der Waals surface area contributed by atoms with Gasteiger partial charge in [-0.1, -0.05) is 12.1 Å². The number of hydrogen-bond donors (Lipinski definition) is 1. The Bertz CT molecular complexity index is 806. The number of hydrogen-bond acceptors (Lipinski definition) is 5. The molecule has 138 valence electrons. The van der Waals surface area contributed by atoms with Crippen LogP contribution in [0.4, 0.5) is 0 Å². The van der Waals surface area contributed by atoms with Crippen molar-refractivity contribution in [2.24, 2.45) is 5.92 Å². The van der Waals surface area contributed by atoms with Gasteiger partial charge in [-0.05, 0) is 50.3 Å². The summed E-state index contributed by atoms with van der Waals surface area (Å²) in [4.78, 5) is 18.4. The SMILES string of the molecule is C[C@H](c1ccncc1)n1cc(C2(C)CN(C(=O)C(C)(O)C3CC3)C2)nn1. The molecule has 1 N–H and O–H groups in total. The highest BCUT2D eigenvalue weighted by Gasteiger charge is 2.53. The number of carbonyl (C=O) groups excluding carboxylic acids is 1. The highest BCUT2D eigenvalue weighted by Crippen LogP contribution is 2.43. The maximum Gasteiger partial charge on any atom is 0.254 e. The number of aromatic nitrogens is 4. The van der Waals surface area contributed by atoms with Crippen molar-refractivity contribution in [2.75, 3.05) is 13.1 Å². The van der Waals surface area contributed by atoms with Gasteiger partial charge in [0.05, 0.1) is 11.7 Å². The largest absolute Gasteiger partial charge is 0.380 e. The van der Waals surface area contributed by atoms with Gasteiger partial charge in [0.15, 0.2) is 0 Å². The highest BCUT2D eigenvalue weighted by molar-refractivity contribution is 5.86. The van der Waals surface area contributed by atoms with Gasteiger partial charge in [0.2, 0.25) is 0 Å². The summed E-state index contributed by atoms with van der Waals surface area (Å²) in [6, 6.07) is 4.01. The lowest BCUT2D eigenvalue weighted by Gasteiger charge is -2.48. The van der Waals surface area contributed by atoms with Gasteiger partial charge in [-0.3, -0.25) is 9.78 Å². The van der Waals surface area contributed by atoms with Crippen molar-refractivity contribution in [3.05, 3.63) is 42.0 Å². The number of nitrogens with zero attached hydrogens (tertiary/aromatic N) is 5. The van der Waals surface area contributed by atoms with Crippen molar-refractivity contribution in [3.8, 4) is 0 Å². The van der Waals surface area contributed by atoms with E-state index in [4.69, 9.17) is 0 Å². The second kappa shape index (κ2) is 5.87. The first-order chi connectivity index (χ1) is 12.3. The molecule has 1 unspecified atom stereocenters. The van der Waals surface area contributed by atoms with E-state index in [9.17, 15) is 9.90 Å². The van der Waals surface area contributed by atoms with Gasteiger partial charge in [0.1, 0.15) is 5.60 Å². The summed E-state index contributed by atoms with van der Waals surface area (Å²) in [5, 5.41) is 19.1. The van der Waals surface area contributed by atoms with Gasteiger partial charge in [0.25, 0.3) is 5.91 Å². The molecule has 0 spiro atoms. The van der Waals surface area contributed by atoms with Crippen LogP contribution in [0.3, 0.4) is 0 Å². The molecular weight excluding hydrogens is 330 g/mol. The molecule has 7 heteroatoms. The molecule has 2 aromatic heterocycles. The molecule has 0 radical (unpaired) electrons. The summed E-state index contributed by atoms with van der Waals surface area (Å²) in [5.41, 5.74) is 0.557. The first-order valence-electron chi connectivity index (χ1n) is 9.15. The first-order valence-corrected chi connectivity index (χ1v) is 9.15. The minimum atomic E-state index is -1.23. The van der Waals surface area contributed by atoms with Crippen molar-refractivity contribution in [1.82, 2.24) is 24.9 Å². The predicted molar refractivity (Wildman–Crippen MR) is 95.4 cm³/mol. The molecule has 2 fully saturated rings. The Labute approximate surface area is 153 Å². The fourth-order valence-corrected chi connectivity index (χ4v) is 3.78. The van der Waals surface area contributed by atoms with Crippen LogP contribution in [0.25, 0.3) is 0 Å². The van der Waals surface area contributed by atoms with Gasteiger partial charge < -0.3 is 10.0 Å². The van der Waals surface area contributed by atoms with Crippen LogP contribution in [0.15, 0.2) is 30.7 Å². The van der Waals surface area contributed by atoms with E-state index in [0.29, 0.717) is 13.1 Å². The van der Waals surface area contributed by atoms with Gasteiger partial charge in [-0.2, -0.15) is 0 Å². The van der Waals surface area contributed by atoms with E-state index in [0.717, 1.165) is 24.1 Å². The molecule has 1 aliphatic carbocycles. The van der Waals surface area contributed by atoms with E-state index < -0.39 is 5.60 Å². The first kappa shape index (κ1) is 17.1. The molecule has 1 aliphatic heterocycles. The summed E-state index contributed by atoms with van der Waals surface area (Å²) in [6.45, 7) is 6.94. The molecule has 1 saturated carbocycles. The molecule has 26 heavy (non-hydrogen) atoms. The van der Waals surface area contributed by atoms with Crippen molar-refractivity contribution in [3.63, 3.8) is 0 Å². The van der Waals surface area contributed by atoms with E-state index in [2.05, 4.69) is 29.1 Å². The predicted octanol–water partition coefficient (Wildman–Crippen LogP) is 1.54. The number of pyridine rings is 1. The average Bonchev–Trinajstić information content (AvgIpc) is 3.36. The highest BCUT2D eigenvalue weighted by atomic mass is 16.3. The maximum atomic E-state index is 12.6. The topological polar surface area (TPSA) is 84.1 Å². The lowest BCUT2D eigenvalue weighted by atomic mass is 9.78. The standard InChI is InChI=1S/C19H25N5O2/c1-13(14-6-8-20-9-7-14)24-10-16(21-22-24)18(2)11-23(12-18)17(25)19(3,26)15-4-5-15/h6-10,13,15,26H,4-5,11-12H2,1-3H3/t13-,19?/m1/s1. The van der Waals surface area contributed by atoms with Crippen LogP contribution in [0, 0.1) is 5.92 Å². The monoisotopic (exact) mass is 355 g/mol. The van der Waals surface area contributed by atoms with Crippen LogP contribution in [0.2, 0.25) is 0 Å². The number of aliphatic hydroxyl groups is 1. The Morgan fingerprint density at radius 3 is 2.62 bits per heavy atom. The fraction of sp³-hybridized carbons (Fsp3) is 0.579. The van der Waals surface area contributed by atoms with Gasteiger partial charge in [-0.25, -0.2) is 4.68 Å². The molecule has 2 aromatic rings. The Balaban J connectivity index is 1.44. The van der Waals surface area contributed by atoms with Crippen LogP contribution in [-0.2, 0) is 10.2 Å². The van der Waals surface area contributed by atoms with Gasteiger partial charge in [0, 0.05) is 37.1 Å². The smallest absolute Gasteiger partial charge is 0.254 e. The fourth-order valence-electron chi connectivity index (χ4n) is 3.78. The second-order valence-corrected chi connectivity index (χ2v) is 8.18. The Hall–Kier alpha value is -2.28. The lowest BCUT2D eigenvalue weighted by molar-refractivity contribution is -0.159. The molecular formula is C19H25N5O2. The molecule has 1 amide bonds. The van der Waals surface area contributed by atoms with Crippen LogP contribution in [0.1, 0.15) is 50.9 Å². The zero-order chi connectivity index (χ0) is 18.5. The molecule has 0 bridgehead atoms. The third-order valence-electron chi connectivity index (χ3n) is 5.89. The number of amides is 1. The van der Waals surface area contributed by atoms with E-state index in [-0.39, 0.29) is 23.3 Å². The summed E-state index contributed by atoms with van der Waals surface area (Å²) >= 11 is 0.